The van der Waals surface area contributed by atoms with E-state index < -0.39 is 12.2 Å². The quantitative estimate of drug-likeness (QED) is 0.470. The van der Waals surface area contributed by atoms with E-state index in [2.05, 4.69) is 11.3 Å². The molecule has 0 aromatic rings. The molecule has 1 aliphatic rings. The zero-order valence-electron chi connectivity index (χ0n) is 4.03. The van der Waals surface area contributed by atoms with Gasteiger partial charge in [-0.3, -0.25) is 0 Å². The van der Waals surface area contributed by atoms with E-state index in [0.717, 1.165) is 6.08 Å². The number of allylic oxidation sites excluding steroid dienone is 1. The van der Waals surface area contributed by atoms with Gasteiger partial charge in [-0.1, -0.05) is 6.58 Å². The molecule has 0 spiro atoms. The van der Waals surface area contributed by atoms with Gasteiger partial charge >= 0.3 is 0 Å². The van der Waals surface area contributed by atoms with Crippen LogP contribution in [0.2, 0.25) is 0 Å². The standard InChI is InChI=1S/C5H4F2O/c1-3-2-4(6)5(7)8-3/h2,5H,1H2. The van der Waals surface area contributed by atoms with Crippen molar-refractivity contribution >= 4 is 0 Å². The Hall–Kier alpha value is -0.860. The van der Waals surface area contributed by atoms with Crippen molar-refractivity contribution in [1.82, 2.24) is 0 Å². The van der Waals surface area contributed by atoms with Crippen molar-refractivity contribution in [1.29, 1.82) is 0 Å². The molecule has 1 nitrogen and oxygen atoms in total. The van der Waals surface area contributed by atoms with Crippen LogP contribution in [0.5, 0.6) is 0 Å². The lowest BCUT2D eigenvalue weighted by Crippen LogP contribution is -1.96. The Balaban J connectivity index is 2.73. The van der Waals surface area contributed by atoms with Gasteiger partial charge in [0.1, 0.15) is 5.76 Å². The average Bonchev–Trinajstić information content (AvgIpc) is 1.85. The Morgan fingerprint density at radius 1 is 1.75 bits per heavy atom. The highest BCUT2D eigenvalue weighted by Gasteiger charge is 2.20. The molecule has 8 heavy (non-hydrogen) atoms. The highest BCUT2D eigenvalue weighted by atomic mass is 19.2. The summed E-state index contributed by atoms with van der Waals surface area (Å²) < 4.78 is 27.9. The predicted molar refractivity (Wildman–Crippen MR) is 24.3 cm³/mol. The van der Waals surface area contributed by atoms with Gasteiger partial charge in [-0.15, -0.1) is 0 Å². The van der Waals surface area contributed by atoms with Crippen LogP contribution in [-0.2, 0) is 4.74 Å². The number of alkyl halides is 1. The summed E-state index contributed by atoms with van der Waals surface area (Å²) in [4.78, 5) is 0. The fraction of sp³-hybridized carbons (Fsp3) is 0.200. The molecule has 0 saturated heterocycles. The van der Waals surface area contributed by atoms with E-state index in [0.29, 0.717) is 0 Å². The Bertz CT molecular complexity index is 151. The van der Waals surface area contributed by atoms with E-state index in [1.807, 2.05) is 0 Å². The molecule has 0 bridgehead atoms. The van der Waals surface area contributed by atoms with Gasteiger partial charge in [0.05, 0.1) is 0 Å². The lowest BCUT2D eigenvalue weighted by atomic mass is 10.5. The number of hydrogen-bond donors (Lipinski definition) is 0. The zero-order valence-corrected chi connectivity index (χ0v) is 4.03. The largest absolute Gasteiger partial charge is 0.454 e. The zero-order chi connectivity index (χ0) is 6.15. The molecule has 0 aromatic heterocycles. The van der Waals surface area contributed by atoms with Crippen molar-refractivity contribution in [3.63, 3.8) is 0 Å². The van der Waals surface area contributed by atoms with Gasteiger partial charge in [0.15, 0.2) is 5.83 Å². The average molecular weight is 118 g/mol. The van der Waals surface area contributed by atoms with Crippen molar-refractivity contribution < 1.29 is 13.5 Å². The summed E-state index contributed by atoms with van der Waals surface area (Å²) in [6.07, 6.45) is -0.993. The minimum Gasteiger partial charge on any atom is -0.454 e. The van der Waals surface area contributed by atoms with Gasteiger partial charge in [-0.05, 0) is 0 Å². The van der Waals surface area contributed by atoms with Crippen LogP contribution in [-0.4, -0.2) is 6.36 Å². The van der Waals surface area contributed by atoms with Crippen molar-refractivity contribution in [2.45, 2.75) is 6.36 Å². The van der Waals surface area contributed by atoms with Gasteiger partial charge in [-0.2, -0.15) is 4.39 Å². The predicted octanol–water partition coefficient (Wildman–Crippen LogP) is 1.68. The smallest absolute Gasteiger partial charge is 0.290 e. The van der Waals surface area contributed by atoms with E-state index in [4.69, 9.17) is 0 Å². The highest BCUT2D eigenvalue weighted by Crippen LogP contribution is 2.22. The third-order valence-electron chi connectivity index (χ3n) is 0.771. The molecule has 0 aliphatic carbocycles. The number of ether oxygens (including phenoxy) is 1. The molecule has 1 rings (SSSR count). The van der Waals surface area contributed by atoms with E-state index in [1.54, 1.807) is 0 Å². The molecule has 0 aromatic carbocycles. The van der Waals surface area contributed by atoms with Crippen LogP contribution >= 0.6 is 0 Å². The molecule has 0 saturated carbocycles. The van der Waals surface area contributed by atoms with Gasteiger partial charge in [0.2, 0.25) is 0 Å². The van der Waals surface area contributed by atoms with Gasteiger partial charge < -0.3 is 4.74 Å². The maximum absolute atomic E-state index is 11.9. The molecule has 1 atom stereocenters. The van der Waals surface area contributed by atoms with E-state index in [9.17, 15) is 8.78 Å². The Kier molecular flexibility index (Phi) is 1.04. The highest BCUT2D eigenvalue weighted by molar-refractivity contribution is 5.18. The van der Waals surface area contributed by atoms with Gasteiger partial charge in [0, 0.05) is 6.08 Å². The van der Waals surface area contributed by atoms with Crippen LogP contribution in [0.4, 0.5) is 8.78 Å². The first-order valence-corrected chi connectivity index (χ1v) is 2.07. The third kappa shape index (κ3) is 0.710. The molecule has 0 amide bonds. The second kappa shape index (κ2) is 1.58. The van der Waals surface area contributed by atoms with Crippen LogP contribution in [0.15, 0.2) is 24.2 Å². The summed E-state index contributed by atoms with van der Waals surface area (Å²) in [6, 6.07) is 0. The van der Waals surface area contributed by atoms with Crippen LogP contribution in [0.3, 0.4) is 0 Å². The summed E-state index contributed by atoms with van der Waals surface area (Å²) in [7, 11) is 0. The molecule has 1 heterocycles. The van der Waals surface area contributed by atoms with E-state index >= 15 is 0 Å². The lowest BCUT2D eigenvalue weighted by molar-refractivity contribution is 0.0438. The monoisotopic (exact) mass is 118 g/mol. The van der Waals surface area contributed by atoms with E-state index in [1.165, 1.54) is 0 Å². The van der Waals surface area contributed by atoms with Crippen molar-refractivity contribution in [3.05, 3.63) is 24.2 Å². The summed E-state index contributed by atoms with van der Waals surface area (Å²) >= 11 is 0. The first-order valence-electron chi connectivity index (χ1n) is 2.07. The Labute approximate surface area is 45.3 Å². The first-order chi connectivity index (χ1) is 3.70. The fourth-order valence-electron chi connectivity index (χ4n) is 0.443. The summed E-state index contributed by atoms with van der Waals surface area (Å²) in [5.74, 6) is -0.870. The minimum atomic E-state index is -1.91. The topological polar surface area (TPSA) is 9.23 Å². The Morgan fingerprint density at radius 3 is 2.50 bits per heavy atom. The van der Waals surface area contributed by atoms with Crippen LogP contribution < -0.4 is 0 Å². The lowest BCUT2D eigenvalue weighted by Gasteiger charge is -1.96. The summed E-state index contributed by atoms with van der Waals surface area (Å²) in [5.41, 5.74) is 0. The maximum Gasteiger partial charge on any atom is 0.290 e. The molecular weight excluding hydrogens is 114 g/mol. The van der Waals surface area contributed by atoms with Crippen LogP contribution in [0.25, 0.3) is 0 Å². The second-order valence-corrected chi connectivity index (χ2v) is 1.43. The van der Waals surface area contributed by atoms with Gasteiger partial charge in [-0.25, -0.2) is 4.39 Å². The molecular formula is C5H4F2O. The molecule has 0 fully saturated rings. The second-order valence-electron chi connectivity index (χ2n) is 1.43. The Morgan fingerprint density at radius 2 is 2.38 bits per heavy atom. The SMILES string of the molecule is C=C1C=C(F)C(F)O1. The van der Waals surface area contributed by atoms with Crippen LogP contribution in [0.1, 0.15) is 0 Å². The molecule has 3 heteroatoms. The minimum absolute atomic E-state index is 0.0370. The van der Waals surface area contributed by atoms with Crippen LogP contribution in [0, 0.1) is 0 Å². The van der Waals surface area contributed by atoms with E-state index in [-0.39, 0.29) is 5.76 Å². The molecule has 1 unspecified atom stereocenters. The fourth-order valence-corrected chi connectivity index (χ4v) is 0.443. The molecule has 44 valence electrons. The van der Waals surface area contributed by atoms with Crippen molar-refractivity contribution in [2.24, 2.45) is 0 Å². The van der Waals surface area contributed by atoms with Crippen molar-refractivity contribution in [2.75, 3.05) is 0 Å². The summed E-state index contributed by atoms with van der Waals surface area (Å²) in [6.45, 7) is 3.18. The first kappa shape index (κ1) is 5.28. The van der Waals surface area contributed by atoms with Crippen molar-refractivity contribution in [3.8, 4) is 0 Å². The normalized spacial score (nSPS) is 27.5. The molecule has 0 N–H and O–H groups in total. The third-order valence-corrected chi connectivity index (χ3v) is 0.771. The van der Waals surface area contributed by atoms with Gasteiger partial charge in [0.25, 0.3) is 6.36 Å². The number of rotatable bonds is 0. The number of halogens is 2. The number of hydrogen-bond acceptors (Lipinski definition) is 1. The summed E-state index contributed by atoms with van der Waals surface area (Å²) in [5, 5.41) is 0. The molecule has 0 radical (unpaired) electrons. The molecule has 1 aliphatic heterocycles. The maximum atomic E-state index is 11.9.